The number of carbonyl (C=O) groups excluding carboxylic acids is 1. The zero-order chi connectivity index (χ0) is 16.9. The van der Waals surface area contributed by atoms with E-state index in [2.05, 4.69) is 4.98 Å². The Hall–Kier alpha value is -2.05. The van der Waals surface area contributed by atoms with Gasteiger partial charge in [-0.1, -0.05) is 0 Å². The van der Waals surface area contributed by atoms with E-state index < -0.39 is 0 Å². The van der Waals surface area contributed by atoms with Crippen LogP contribution >= 0.6 is 23.1 Å². The molecule has 0 amide bonds. The van der Waals surface area contributed by atoms with Gasteiger partial charge in [0.1, 0.15) is 0 Å². The monoisotopic (exact) mass is 359 g/mol. The molecule has 0 bridgehead atoms. The average Bonchev–Trinajstić information content (AvgIpc) is 3.24. The number of hydrogen-bond acceptors (Lipinski definition) is 6. The number of aromatic nitrogens is 1. The number of nitrogens with zero attached hydrogens (tertiary/aromatic N) is 1. The predicted octanol–water partition coefficient (Wildman–Crippen LogP) is 4.90. The van der Waals surface area contributed by atoms with Crippen molar-refractivity contribution in [2.24, 2.45) is 0 Å². The summed E-state index contributed by atoms with van der Waals surface area (Å²) in [4.78, 5) is 17.6. The van der Waals surface area contributed by atoms with Crippen molar-refractivity contribution in [2.45, 2.75) is 18.2 Å². The highest BCUT2D eigenvalue weighted by molar-refractivity contribution is 7.98. The lowest BCUT2D eigenvalue weighted by Gasteiger charge is -2.00. The minimum atomic E-state index is -0.299. The Labute approximate surface area is 148 Å². The first-order chi connectivity index (χ1) is 11.7. The van der Waals surface area contributed by atoms with Crippen molar-refractivity contribution in [2.75, 3.05) is 12.9 Å². The van der Waals surface area contributed by atoms with Gasteiger partial charge in [-0.3, -0.25) is 4.79 Å². The van der Waals surface area contributed by atoms with Gasteiger partial charge in [0.2, 0.25) is 5.89 Å². The van der Waals surface area contributed by atoms with Crippen LogP contribution in [0.3, 0.4) is 0 Å². The summed E-state index contributed by atoms with van der Waals surface area (Å²) in [5.41, 5.74) is 2.42. The summed E-state index contributed by atoms with van der Waals surface area (Å²) < 4.78 is 11.0. The van der Waals surface area contributed by atoms with Crippen LogP contribution in [-0.2, 0) is 16.0 Å². The van der Waals surface area contributed by atoms with Crippen molar-refractivity contribution in [1.82, 2.24) is 4.98 Å². The maximum atomic E-state index is 11.9. The molecule has 0 aliphatic carbocycles. The Bertz CT molecular complexity index is 807. The van der Waals surface area contributed by atoms with E-state index in [0.29, 0.717) is 24.0 Å². The molecule has 0 saturated heterocycles. The molecule has 1 aromatic carbocycles. The molecule has 0 unspecified atom stereocenters. The van der Waals surface area contributed by atoms with Gasteiger partial charge in [-0.05, 0) is 48.9 Å². The lowest BCUT2D eigenvalue weighted by molar-refractivity contribution is -0.142. The summed E-state index contributed by atoms with van der Waals surface area (Å²) in [5.74, 6) is 0.850. The molecule has 0 saturated carbocycles. The topological polar surface area (TPSA) is 52.3 Å². The molecular weight excluding hydrogens is 342 g/mol. The van der Waals surface area contributed by atoms with Gasteiger partial charge in [0.25, 0.3) is 0 Å². The van der Waals surface area contributed by atoms with E-state index in [1.165, 1.54) is 4.90 Å². The Balaban J connectivity index is 1.97. The number of esters is 1. The highest BCUT2D eigenvalue weighted by atomic mass is 32.2. The van der Waals surface area contributed by atoms with Gasteiger partial charge in [-0.25, -0.2) is 4.98 Å². The van der Waals surface area contributed by atoms with Crippen molar-refractivity contribution < 1.29 is 13.9 Å². The smallest absolute Gasteiger partial charge is 0.312 e. The second kappa shape index (κ2) is 7.68. The maximum absolute atomic E-state index is 11.9. The van der Waals surface area contributed by atoms with Crippen LogP contribution in [-0.4, -0.2) is 23.8 Å². The van der Waals surface area contributed by atoms with Crippen LogP contribution in [0.4, 0.5) is 0 Å². The number of thioether (sulfide) groups is 1. The number of thiophene rings is 1. The van der Waals surface area contributed by atoms with E-state index in [-0.39, 0.29) is 12.4 Å². The summed E-state index contributed by atoms with van der Waals surface area (Å²) in [7, 11) is 0. The third kappa shape index (κ3) is 3.71. The van der Waals surface area contributed by atoms with Gasteiger partial charge in [0, 0.05) is 21.4 Å². The van der Waals surface area contributed by atoms with Gasteiger partial charge in [0.15, 0.2) is 5.76 Å². The molecule has 3 rings (SSSR count). The van der Waals surface area contributed by atoms with Gasteiger partial charge in [-0.15, -0.1) is 11.8 Å². The largest absolute Gasteiger partial charge is 0.466 e. The highest BCUT2D eigenvalue weighted by Gasteiger charge is 2.19. The SMILES string of the molecule is CCOC(=O)Cc1nc(-c2ccc(SC)cc2)oc1-c1ccsc1. The summed E-state index contributed by atoms with van der Waals surface area (Å²) >= 11 is 3.26. The summed E-state index contributed by atoms with van der Waals surface area (Å²) in [5, 5.41) is 3.95. The summed E-state index contributed by atoms with van der Waals surface area (Å²) in [6.07, 6.45) is 2.14. The van der Waals surface area contributed by atoms with E-state index >= 15 is 0 Å². The number of benzene rings is 1. The zero-order valence-corrected chi connectivity index (χ0v) is 15.1. The summed E-state index contributed by atoms with van der Waals surface area (Å²) in [6.45, 7) is 2.15. The van der Waals surface area contributed by atoms with Crippen LogP contribution in [0.5, 0.6) is 0 Å². The quantitative estimate of drug-likeness (QED) is 0.463. The van der Waals surface area contributed by atoms with Crippen molar-refractivity contribution >= 4 is 29.1 Å². The maximum Gasteiger partial charge on any atom is 0.312 e. The fourth-order valence-corrected chi connectivity index (χ4v) is 3.34. The van der Waals surface area contributed by atoms with Crippen molar-refractivity contribution in [3.63, 3.8) is 0 Å². The number of rotatable bonds is 6. The van der Waals surface area contributed by atoms with Crippen molar-refractivity contribution in [3.8, 4) is 22.8 Å². The van der Waals surface area contributed by atoms with Crippen LogP contribution in [0.1, 0.15) is 12.6 Å². The molecule has 0 aliphatic heterocycles. The third-order valence-corrected chi connectivity index (χ3v) is 4.86. The van der Waals surface area contributed by atoms with E-state index in [1.807, 2.05) is 47.3 Å². The molecule has 0 N–H and O–H groups in total. The first kappa shape index (κ1) is 16.8. The molecule has 2 aromatic heterocycles. The second-order valence-electron chi connectivity index (χ2n) is 5.02. The van der Waals surface area contributed by atoms with Gasteiger partial charge >= 0.3 is 5.97 Å². The Morgan fingerprint density at radius 3 is 2.67 bits per heavy atom. The molecule has 124 valence electrons. The van der Waals surface area contributed by atoms with Gasteiger partial charge in [0.05, 0.1) is 18.7 Å². The van der Waals surface area contributed by atoms with Crippen LogP contribution in [0.25, 0.3) is 22.8 Å². The molecule has 4 nitrogen and oxygen atoms in total. The van der Waals surface area contributed by atoms with Gasteiger partial charge in [-0.2, -0.15) is 11.3 Å². The number of oxazole rings is 1. The number of carbonyl (C=O) groups is 1. The molecule has 0 spiro atoms. The zero-order valence-electron chi connectivity index (χ0n) is 13.4. The fourth-order valence-electron chi connectivity index (χ4n) is 2.30. The third-order valence-electron chi connectivity index (χ3n) is 3.43. The minimum absolute atomic E-state index is 0.103. The van der Waals surface area contributed by atoms with E-state index in [9.17, 15) is 4.79 Å². The summed E-state index contributed by atoms with van der Waals surface area (Å²) in [6, 6.07) is 9.96. The number of hydrogen-bond donors (Lipinski definition) is 0. The predicted molar refractivity (Wildman–Crippen MR) is 97.4 cm³/mol. The number of ether oxygens (including phenoxy) is 1. The Morgan fingerprint density at radius 2 is 2.04 bits per heavy atom. The van der Waals surface area contributed by atoms with Crippen LogP contribution < -0.4 is 0 Å². The van der Waals surface area contributed by atoms with Crippen LogP contribution in [0.15, 0.2) is 50.4 Å². The highest BCUT2D eigenvalue weighted by Crippen LogP contribution is 2.32. The average molecular weight is 359 g/mol. The lowest BCUT2D eigenvalue weighted by atomic mass is 10.2. The van der Waals surface area contributed by atoms with Crippen molar-refractivity contribution in [1.29, 1.82) is 0 Å². The molecule has 0 fully saturated rings. The Morgan fingerprint density at radius 1 is 1.25 bits per heavy atom. The lowest BCUT2D eigenvalue weighted by Crippen LogP contribution is -2.08. The first-order valence-electron chi connectivity index (χ1n) is 7.53. The molecule has 0 radical (unpaired) electrons. The Kier molecular flexibility index (Phi) is 5.37. The standard InChI is InChI=1S/C18H17NO3S2/c1-3-21-16(20)10-15-17(13-8-9-24-11-13)22-18(19-15)12-4-6-14(23-2)7-5-12/h4-9,11H,3,10H2,1-2H3. The molecule has 2 heterocycles. The second-order valence-corrected chi connectivity index (χ2v) is 6.68. The van der Waals surface area contributed by atoms with Crippen molar-refractivity contribution in [3.05, 3.63) is 46.8 Å². The molecule has 6 heteroatoms. The first-order valence-corrected chi connectivity index (χ1v) is 9.70. The van der Waals surface area contributed by atoms with Gasteiger partial charge < -0.3 is 9.15 Å². The van der Waals surface area contributed by atoms with E-state index in [1.54, 1.807) is 30.0 Å². The fraction of sp³-hybridized carbons (Fsp3) is 0.222. The molecule has 3 aromatic rings. The molecule has 0 atom stereocenters. The van der Waals surface area contributed by atoms with Crippen LogP contribution in [0.2, 0.25) is 0 Å². The van der Waals surface area contributed by atoms with E-state index in [4.69, 9.17) is 9.15 Å². The van der Waals surface area contributed by atoms with Crippen LogP contribution in [0, 0.1) is 0 Å². The molecular formula is C18H17NO3S2. The van der Waals surface area contributed by atoms with E-state index in [0.717, 1.165) is 11.1 Å². The normalized spacial score (nSPS) is 10.8. The molecule has 0 aliphatic rings. The molecule has 24 heavy (non-hydrogen) atoms. The minimum Gasteiger partial charge on any atom is -0.466 e.